The van der Waals surface area contributed by atoms with Crippen LogP contribution in [0, 0.1) is 23.7 Å². The van der Waals surface area contributed by atoms with Crippen LogP contribution >= 0.6 is 0 Å². The average molecular weight is 231 g/mol. The van der Waals surface area contributed by atoms with E-state index in [2.05, 4.69) is 71.2 Å². The topological polar surface area (TPSA) is 12.0 Å². The largest absolute Gasteiger partial charge is 0.313 e. The van der Waals surface area contributed by atoms with Crippen molar-refractivity contribution in [2.24, 2.45) is 16.7 Å². The minimum atomic E-state index is 0.422. The highest BCUT2D eigenvalue weighted by Crippen LogP contribution is 2.72. The maximum absolute atomic E-state index is 3.51. The van der Waals surface area contributed by atoms with Gasteiger partial charge in [-0.05, 0) is 36.3 Å². The summed E-state index contributed by atoms with van der Waals surface area (Å²) in [4.78, 5) is 0. The Kier molecular flexibility index (Phi) is 2.86. The molecule has 1 aliphatic rings. The molecular formula is C16H25N. The zero-order chi connectivity index (χ0) is 12.8. The van der Waals surface area contributed by atoms with Crippen molar-refractivity contribution in [1.29, 1.82) is 0 Å². The molecule has 1 aliphatic carbocycles. The molecule has 1 atom stereocenters. The third-order valence-electron chi connectivity index (χ3n) is 5.21. The molecule has 0 bridgehead atoms. The zero-order valence-corrected chi connectivity index (χ0v) is 12.0. The highest BCUT2D eigenvalue weighted by atomic mass is 14.9. The van der Waals surface area contributed by atoms with Crippen molar-refractivity contribution in [2.45, 2.75) is 40.7 Å². The first-order valence-corrected chi connectivity index (χ1v) is 6.56. The van der Waals surface area contributed by atoms with Crippen LogP contribution in [0.5, 0.6) is 0 Å². The van der Waals surface area contributed by atoms with Crippen LogP contribution in [0.3, 0.4) is 0 Å². The van der Waals surface area contributed by atoms with Crippen LogP contribution in [0.4, 0.5) is 0 Å². The van der Waals surface area contributed by atoms with Crippen molar-refractivity contribution < 1.29 is 0 Å². The van der Waals surface area contributed by atoms with Gasteiger partial charge in [0, 0.05) is 6.04 Å². The predicted molar refractivity (Wildman–Crippen MR) is 74.0 cm³/mol. The van der Waals surface area contributed by atoms with Gasteiger partial charge in [0.15, 0.2) is 0 Å². The van der Waals surface area contributed by atoms with Crippen LogP contribution in [0.25, 0.3) is 0 Å². The van der Waals surface area contributed by atoms with Crippen molar-refractivity contribution in [1.82, 2.24) is 5.32 Å². The lowest BCUT2D eigenvalue weighted by atomic mass is 9.96. The lowest BCUT2D eigenvalue weighted by Gasteiger charge is -2.19. The Labute approximate surface area is 106 Å². The van der Waals surface area contributed by atoms with Gasteiger partial charge in [-0.25, -0.2) is 0 Å². The Balaban J connectivity index is 2.28. The fraction of sp³-hybridized carbons (Fsp3) is 0.625. The number of rotatable bonds is 3. The second-order valence-corrected chi connectivity index (χ2v) is 6.60. The van der Waals surface area contributed by atoms with Gasteiger partial charge in [0.2, 0.25) is 0 Å². The second kappa shape index (κ2) is 3.84. The average Bonchev–Trinajstić information content (AvgIpc) is 2.65. The molecule has 1 saturated carbocycles. The van der Waals surface area contributed by atoms with E-state index in [0.717, 1.165) is 0 Å². The third-order valence-corrected chi connectivity index (χ3v) is 5.21. The first kappa shape index (κ1) is 12.6. The second-order valence-electron chi connectivity index (χ2n) is 6.60. The summed E-state index contributed by atoms with van der Waals surface area (Å²) < 4.78 is 0. The molecule has 1 aromatic rings. The van der Waals surface area contributed by atoms with Gasteiger partial charge in [-0.15, -0.1) is 0 Å². The lowest BCUT2D eigenvalue weighted by Crippen LogP contribution is -2.21. The van der Waals surface area contributed by atoms with E-state index in [1.54, 1.807) is 0 Å². The molecule has 0 amide bonds. The van der Waals surface area contributed by atoms with Crippen LogP contribution in [0.1, 0.15) is 44.9 Å². The minimum absolute atomic E-state index is 0.422. The number of benzene rings is 1. The molecule has 0 heterocycles. The van der Waals surface area contributed by atoms with Gasteiger partial charge in [-0.1, -0.05) is 57.5 Å². The summed E-state index contributed by atoms with van der Waals surface area (Å²) in [5.41, 5.74) is 3.59. The highest BCUT2D eigenvalue weighted by Gasteiger charge is 2.67. The van der Waals surface area contributed by atoms with Gasteiger partial charge in [-0.2, -0.15) is 0 Å². The molecule has 1 heteroatoms. The van der Waals surface area contributed by atoms with E-state index in [4.69, 9.17) is 0 Å². The quantitative estimate of drug-likeness (QED) is 0.831. The van der Waals surface area contributed by atoms with Gasteiger partial charge in [0.25, 0.3) is 0 Å². The zero-order valence-electron chi connectivity index (χ0n) is 12.0. The van der Waals surface area contributed by atoms with E-state index in [9.17, 15) is 0 Å². The van der Waals surface area contributed by atoms with E-state index in [0.29, 0.717) is 22.8 Å². The summed E-state index contributed by atoms with van der Waals surface area (Å²) in [7, 11) is 2.08. The Bertz CT molecular complexity index is 386. The van der Waals surface area contributed by atoms with Gasteiger partial charge >= 0.3 is 0 Å². The summed E-state index contributed by atoms with van der Waals surface area (Å²) in [6, 6.07) is 9.42. The molecule has 0 saturated heterocycles. The van der Waals surface area contributed by atoms with E-state index < -0.39 is 0 Å². The molecular weight excluding hydrogens is 206 g/mol. The van der Waals surface area contributed by atoms with Crippen LogP contribution in [-0.2, 0) is 0 Å². The van der Waals surface area contributed by atoms with E-state index in [-0.39, 0.29) is 0 Å². The molecule has 94 valence electrons. The van der Waals surface area contributed by atoms with E-state index in [1.165, 1.54) is 11.1 Å². The maximum atomic E-state index is 3.51. The molecule has 0 aromatic heterocycles. The van der Waals surface area contributed by atoms with Crippen molar-refractivity contribution in [3.05, 3.63) is 35.4 Å². The third kappa shape index (κ3) is 1.81. The maximum Gasteiger partial charge on any atom is 0.0356 e. The standard InChI is InChI=1S/C16H25N/c1-11-7-9-12(10-8-11)13(17-6)14-15(2,3)16(14,4)5/h7-10,13-14,17H,1-6H3. The Morgan fingerprint density at radius 1 is 1.00 bits per heavy atom. The molecule has 1 nitrogen and oxygen atoms in total. The predicted octanol–water partition coefficient (Wildman–Crippen LogP) is 3.94. The van der Waals surface area contributed by atoms with Crippen LogP contribution < -0.4 is 5.32 Å². The molecule has 1 unspecified atom stereocenters. The van der Waals surface area contributed by atoms with Gasteiger partial charge in [0.1, 0.15) is 0 Å². The fourth-order valence-corrected chi connectivity index (χ4v) is 3.38. The van der Waals surface area contributed by atoms with Crippen LogP contribution in [0.2, 0.25) is 0 Å². The van der Waals surface area contributed by atoms with Crippen molar-refractivity contribution in [2.75, 3.05) is 7.05 Å². The molecule has 0 spiro atoms. The van der Waals surface area contributed by atoms with Crippen molar-refractivity contribution in [3.8, 4) is 0 Å². The monoisotopic (exact) mass is 231 g/mol. The molecule has 0 aliphatic heterocycles. The number of nitrogens with one attached hydrogen (secondary N) is 1. The summed E-state index contributed by atoms with van der Waals surface area (Å²) >= 11 is 0. The smallest absolute Gasteiger partial charge is 0.0356 e. The molecule has 0 radical (unpaired) electrons. The van der Waals surface area contributed by atoms with E-state index in [1.807, 2.05) is 0 Å². The van der Waals surface area contributed by atoms with E-state index >= 15 is 0 Å². The van der Waals surface area contributed by atoms with Gasteiger partial charge < -0.3 is 5.32 Å². The first-order valence-electron chi connectivity index (χ1n) is 6.56. The molecule has 1 N–H and O–H groups in total. The molecule has 17 heavy (non-hydrogen) atoms. The summed E-state index contributed by atoms with van der Waals surface area (Å²) in [6.07, 6.45) is 0. The Hall–Kier alpha value is -0.820. The van der Waals surface area contributed by atoms with Crippen LogP contribution in [-0.4, -0.2) is 7.05 Å². The van der Waals surface area contributed by atoms with Crippen molar-refractivity contribution >= 4 is 0 Å². The minimum Gasteiger partial charge on any atom is -0.313 e. The highest BCUT2D eigenvalue weighted by molar-refractivity contribution is 5.29. The number of hydrogen-bond donors (Lipinski definition) is 1. The van der Waals surface area contributed by atoms with Crippen molar-refractivity contribution in [3.63, 3.8) is 0 Å². The number of hydrogen-bond acceptors (Lipinski definition) is 1. The molecule has 1 aromatic carbocycles. The lowest BCUT2D eigenvalue weighted by molar-refractivity contribution is 0.438. The number of aryl methyl sites for hydroxylation is 1. The first-order chi connectivity index (χ1) is 7.82. The van der Waals surface area contributed by atoms with Gasteiger partial charge in [0.05, 0.1) is 0 Å². The summed E-state index contributed by atoms with van der Waals surface area (Å²) in [5.74, 6) is 0.711. The fourth-order valence-electron chi connectivity index (χ4n) is 3.38. The normalized spacial score (nSPS) is 23.4. The molecule has 2 rings (SSSR count). The van der Waals surface area contributed by atoms with Crippen LogP contribution in [0.15, 0.2) is 24.3 Å². The summed E-state index contributed by atoms with van der Waals surface area (Å²) in [5, 5.41) is 3.51. The summed E-state index contributed by atoms with van der Waals surface area (Å²) in [6.45, 7) is 11.7. The van der Waals surface area contributed by atoms with Gasteiger partial charge in [-0.3, -0.25) is 0 Å². The molecule has 1 fully saturated rings. The Morgan fingerprint density at radius 2 is 1.47 bits per heavy atom. The SMILES string of the molecule is CNC(c1ccc(C)cc1)C1C(C)(C)C1(C)C. The Morgan fingerprint density at radius 3 is 1.82 bits per heavy atom.